The van der Waals surface area contributed by atoms with Crippen molar-refractivity contribution in [2.45, 2.75) is 32.9 Å². The highest BCUT2D eigenvalue weighted by Gasteiger charge is 2.25. The molecule has 4 aromatic rings. The Morgan fingerprint density at radius 3 is 2.63 bits per heavy atom. The fourth-order valence-electron chi connectivity index (χ4n) is 4.82. The average Bonchev–Trinajstić information content (AvgIpc) is 3.11. The smallest absolute Gasteiger partial charge is 0.316 e. The number of nitrogens with one attached hydrogen (secondary N) is 2. The monoisotopic (exact) mass is 477 g/mol. The number of anilines is 2. The number of methoxy groups -OCH3 is 1. The second kappa shape index (κ2) is 8.77. The maximum absolute atomic E-state index is 14.7. The quantitative estimate of drug-likeness (QED) is 0.465. The minimum absolute atomic E-state index is 0.171. The van der Waals surface area contributed by atoms with Crippen LogP contribution in [0.25, 0.3) is 21.8 Å². The highest BCUT2D eigenvalue weighted by atomic mass is 19.1. The van der Waals surface area contributed by atoms with Gasteiger partial charge >= 0.3 is 6.01 Å². The van der Waals surface area contributed by atoms with Crippen molar-refractivity contribution >= 4 is 39.1 Å². The number of fused-ring (bicyclic) bond motifs is 2. The molecule has 0 spiro atoms. The molecule has 10 heteroatoms. The normalized spacial score (nSPS) is 18.3. The molecule has 2 N–H and O–H groups in total. The summed E-state index contributed by atoms with van der Waals surface area (Å²) in [6, 6.07) is 7.49. The van der Waals surface area contributed by atoms with Crippen molar-refractivity contribution in [2.75, 3.05) is 30.4 Å². The summed E-state index contributed by atoms with van der Waals surface area (Å²) >= 11 is 0. The third-order valence-corrected chi connectivity index (χ3v) is 6.48. The number of hydrogen-bond acceptors (Lipinski definition) is 7. The summed E-state index contributed by atoms with van der Waals surface area (Å²) in [6.07, 6.45) is 1.69. The van der Waals surface area contributed by atoms with Gasteiger partial charge in [-0.05, 0) is 45.0 Å². The molecular weight excluding hydrogens is 449 g/mol. The minimum atomic E-state index is -0.493. The lowest BCUT2D eigenvalue weighted by molar-refractivity contribution is 0.102. The largest absolute Gasteiger partial charge is 0.467 e. The van der Waals surface area contributed by atoms with Crippen molar-refractivity contribution in [3.8, 4) is 6.01 Å². The van der Waals surface area contributed by atoms with Crippen molar-refractivity contribution in [3.63, 3.8) is 0 Å². The third-order valence-electron chi connectivity index (χ3n) is 6.48. The first kappa shape index (κ1) is 23.0. The van der Waals surface area contributed by atoms with Gasteiger partial charge in [0.25, 0.3) is 5.91 Å². The van der Waals surface area contributed by atoms with E-state index in [4.69, 9.17) is 4.74 Å². The molecule has 35 heavy (non-hydrogen) atoms. The molecule has 2 unspecified atom stereocenters. The van der Waals surface area contributed by atoms with E-state index in [1.807, 2.05) is 13.0 Å². The van der Waals surface area contributed by atoms with E-state index >= 15 is 0 Å². The van der Waals surface area contributed by atoms with Crippen LogP contribution in [0.1, 0.15) is 29.9 Å². The van der Waals surface area contributed by atoms with Crippen LogP contribution >= 0.6 is 0 Å². The van der Waals surface area contributed by atoms with Gasteiger partial charge in [-0.1, -0.05) is 0 Å². The number of carbonyl (C=O) groups is 1. The van der Waals surface area contributed by atoms with Crippen LogP contribution in [-0.2, 0) is 7.05 Å². The number of nitrogens with zero attached hydrogens (tertiary/aromatic N) is 5. The Morgan fingerprint density at radius 1 is 1.17 bits per heavy atom. The molecule has 0 aliphatic carbocycles. The lowest BCUT2D eigenvalue weighted by Crippen LogP contribution is -2.54. The number of halogens is 1. The van der Waals surface area contributed by atoms with Gasteiger partial charge in [0.15, 0.2) is 5.82 Å². The predicted molar refractivity (Wildman–Crippen MR) is 134 cm³/mol. The number of aryl methyl sites for hydroxylation is 2. The van der Waals surface area contributed by atoms with Crippen LogP contribution < -0.4 is 20.3 Å². The minimum Gasteiger partial charge on any atom is -0.467 e. The molecule has 1 aliphatic heterocycles. The highest BCUT2D eigenvalue weighted by molar-refractivity contribution is 6.14. The molecule has 2 aromatic carbocycles. The molecule has 3 heterocycles. The summed E-state index contributed by atoms with van der Waals surface area (Å²) in [6.45, 7) is 7.79. The molecule has 2 atom stereocenters. The summed E-state index contributed by atoms with van der Waals surface area (Å²) in [5.74, 6) is -0.891. The fraction of sp³-hybridized carbons (Fsp3) is 0.360. The van der Waals surface area contributed by atoms with E-state index in [2.05, 4.69) is 44.4 Å². The van der Waals surface area contributed by atoms with E-state index in [1.165, 1.54) is 13.2 Å². The molecule has 1 amide bonds. The van der Waals surface area contributed by atoms with Crippen LogP contribution in [0.2, 0.25) is 0 Å². The molecule has 0 saturated carbocycles. The maximum atomic E-state index is 14.7. The summed E-state index contributed by atoms with van der Waals surface area (Å²) in [4.78, 5) is 24.5. The number of aromatic nitrogens is 4. The van der Waals surface area contributed by atoms with Crippen molar-refractivity contribution in [1.82, 2.24) is 25.1 Å². The fourth-order valence-corrected chi connectivity index (χ4v) is 4.82. The summed E-state index contributed by atoms with van der Waals surface area (Å²) in [5.41, 5.74) is 3.21. The van der Waals surface area contributed by atoms with Gasteiger partial charge < -0.3 is 20.3 Å². The summed E-state index contributed by atoms with van der Waals surface area (Å²) < 4.78 is 21.5. The van der Waals surface area contributed by atoms with Crippen LogP contribution in [-0.4, -0.2) is 57.9 Å². The van der Waals surface area contributed by atoms with Gasteiger partial charge in [0.2, 0.25) is 0 Å². The average molecular weight is 478 g/mol. The number of amides is 1. The zero-order chi connectivity index (χ0) is 24.9. The molecule has 2 aromatic heterocycles. The lowest BCUT2D eigenvalue weighted by Gasteiger charge is -2.38. The first-order valence-electron chi connectivity index (χ1n) is 11.5. The Morgan fingerprint density at radius 2 is 1.91 bits per heavy atom. The topological polar surface area (TPSA) is 97.2 Å². The Hall–Kier alpha value is -3.79. The molecule has 9 nitrogen and oxygen atoms in total. The second-order valence-corrected chi connectivity index (χ2v) is 9.14. The van der Waals surface area contributed by atoms with Crippen LogP contribution in [0.4, 0.5) is 15.8 Å². The second-order valence-electron chi connectivity index (χ2n) is 9.14. The van der Waals surface area contributed by atoms with Gasteiger partial charge in [-0.2, -0.15) is 10.1 Å². The number of benzene rings is 2. The SMILES string of the molecule is COc1ncc2c(N3CC(C)NC(C)C3)ccc(C(=O)Nc3cc(F)c4nn(C)c(C)c4c3)c2n1. The first-order chi connectivity index (χ1) is 16.7. The number of rotatable bonds is 4. The van der Waals surface area contributed by atoms with Crippen LogP contribution in [0.3, 0.4) is 0 Å². The molecule has 182 valence electrons. The van der Waals surface area contributed by atoms with Gasteiger partial charge in [0.1, 0.15) is 5.52 Å². The standard InChI is InChI=1S/C25H28FN7O2/c1-13-11-33(12-14(2)28-13)21-7-6-17(22-19(21)10-27-25(30-22)35-5)24(34)29-16-8-18-15(3)32(4)31-23(18)20(26)9-16/h6-10,13-14,28H,11-12H2,1-5H3,(H,29,34). The number of piperazine rings is 1. The number of carbonyl (C=O) groups excluding carboxylic acids is 1. The zero-order valence-corrected chi connectivity index (χ0v) is 20.4. The number of ether oxygens (including phenoxy) is 1. The molecular formula is C25H28FN7O2. The van der Waals surface area contributed by atoms with Crippen molar-refractivity contribution < 1.29 is 13.9 Å². The van der Waals surface area contributed by atoms with Gasteiger partial charge in [0.05, 0.1) is 18.2 Å². The van der Waals surface area contributed by atoms with Crippen LogP contribution in [0.15, 0.2) is 30.5 Å². The zero-order valence-electron chi connectivity index (χ0n) is 20.4. The van der Waals surface area contributed by atoms with E-state index in [0.717, 1.165) is 29.9 Å². The highest BCUT2D eigenvalue weighted by Crippen LogP contribution is 2.31. The van der Waals surface area contributed by atoms with Gasteiger partial charge in [-0.3, -0.25) is 9.48 Å². The summed E-state index contributed by atoms with van der Waals surface area (Å²) in [7, 11) is 3.24. The third kappa shape index (κ3) is 4.14. The van der Waals surface area contributed by atoms with Crippen molar-refractivity contribution in [2.24, 2.45) is 7.05 Å². The maximum Gasteiger partial charge on any atom is 0.316 e. The van der Waals surface area contributed by atoms with Crippen LogP contribution in [0, 0.1) is 12.7 Å². The molecule has 0 radical (unpaired) electrons. The van der Waals surface area contributed by atoms with Crippen LogP contribution in [0.5, 0.6) is 6.01 Å². The van der Waals surface area contributed by atoms with Gasteiger partial charge in [-0.15, -0.1) is 0 Å². The van der Waals surface area contributed by atoms with Crippen molar-refractivity contribution in [3.05, 3.63) is 47.5 Å². The Bertz CT molecular complexity index is 1440. The van der Waals surface area contributed by atoms with Gasteiger partial charge in [0, 0.05) is 66.3 Å². The Kier molecular flexibility index (Phi) is 5.76. The molecule has 0 bridgehead atoms. The molecule has 5 rings (SSSR count). The van der Waals surface area contributed by atoms with Crippen molar-refractivity contribution in [1.29, 1.82) is 0 Å². The number of hydrogen-bond donors (Lipinski definition) is 2. The molecule has 1 saturated heterocycles. The Labute approximate surface area is 202 Å². The molecule has 1 fully saturated rings. The Balaban J connectivity index is 1.55. The molecule has 1 aliphatic rings. The van der Waals surface area contributed by atoms with E-state index in [9.17, 15) is 9.18 Å². The predicted octanol–water partition coefficient (Wildman–Crippen LogP) is 3.41. The van der Waals surface area contributed by atoms with E-state index in [1.54, 1.807) is 30.1 Å². The summed E-state index contributed by atoms with van der Waals surface area (Å²) in [5, 5.41) is 12.0. The van der Waals surface area contributed by atoms with E-state index in [-0.39, 0.29) is 11.5 Å². The first-order valence-corrected chi connectivity index (χ1v) is 11.5. The van der Waals surface area contributed by atoms with E-state index < -0.39 is 11.7 Å². The van der Waals surface area contributed by atoms with Gasteiger partial charge in [-0.25, -0.2) is 9.37 Å². The lowest BCUT2D eigenvalue weighted by atomic mass is 10.0. The van der Waals surface area contributed by atoms with E-state index in [0.29, 0.717) is 34.2 Å².